The molecule has 2 aromatic heterocycles. The van der Waals surface area contributed by atoms with Gasteiger partial charge in [-0.1, -0.05) is 0 Å². The van der Waals surface area contributed by atoms with E-state index >= 15 is 4.39 Å². The van der Waals surface area contributed by atoms with Crippen molar-refractivity contribution in [2.45, 2.75) is 31.0 Å². The Bertz CT molecular complexity index is 1080. The summed E-state index contributed by atoms with van der Waals surface area (Å²) in [6, 6.07) is 0. The molecule has 3 rings (SSSR count). The Morgan fingerprint density at radius 3 is 2.72 bits per heavy atom. The molecule has 1 saturated heterocycles. The fraction of sp³-hybridized carbons (Fsp3) is 0.545. The number of fused-ring (bicyclic) bond motifs is 1. The first-order valence-electron chi connectivity index (χ1n) is 7.70. The highest BCUT2D eigenvalue weighted by Gasteiger charge is 2.56. The molecule has 29 heavy (non-hydrogen) atoms. The van der Waals surface area contributed by atoms with Crippen LogP contribution in [0, 0.1) is 0 Å². The van der Waals surface area contributed by atoms with Gasteiger partial charge in [0.05, 0.1) is 12.9 Å². The van der Waals surface area contributed by atoms with Crippen molar-refractivity contribution >= 4 is 32.8 Å². The van der Waals surface area contributed by atoms with Gasteiger partial charge in [0, 0.05) is 0 Å². The SMILES string of the molecule is C[C@@]1(F)[C@H](O)[C@@H](COP(=O)(O)OP(=O)(O)O)O[C@H]1n1cnc2c(=O)[nH]c(N)nc21. The summed E-state index contributed by atoms with van der Waals surface area (Å²) in [5.41, 5.74) is 1.93. The molecule has 7 N–H and O–H groups in total. The number of phosphoric ester groups is 1. The lowest BCUT2D eigenvalue weighted by atomic mass is 9.98. The summed E-state index contributed by atoms with van der Waals surface area (Å²) in [5, 5.41) is 10.2. The molecule has 1 aliphatic rings. The molecule has 0 aliphatic carbocycles. The van der Waals surface area contributed by atoms with Crippen molar-refractivity contribution in [3.05, 3.63) is 16.7 Å². The lowest BCUT2D eigenvalue weighted by molar-refractivity contribution is -0.0560. The number of nitrogens with two attached hydrogens (primary N) is 1. The molecule has 0 saturated carbocycles. The molecule has 162 valence electrons. The number of phosphoric acid groups is 2. The molecular weight excluding hydrogens is 443 g/mol. The van der Waals surface area contributed by atoms with Gasteiger partial charge in [0.15, 0.2) is 23.1 Å². The van der Waals surface area contributed by atoms with Crippen molar-refractivity contribution in [2.75, 3.05) is 12.3 Å². The Hall–Kier alpha value is -1.74. The quantitative estimate of drug-likeness (QED) is 0.282. The van der Waals surface area contributed by atoms with E-state index in [1.54, 1.807) is 0 Å². The number of anilines is 1. The zero-order chi connectivity index (χ0) is 21.8. The number of hydrogen-bond donors (Lipinski definition) is 6. The minimum atomic E-state index is -5.36. The van der Waals surface area contributed by atoms with Crippen LogP contribution in [0.4, 0.5) is 10.3 Å². The Morgan fingerprint density at radius 2 is 2.10 bits per heavy atom. The van der Waals surface area contributed by atoms with Gasteiger partial charge in [0.1, 0.15) is 12.2 Å². The molecule has 1 fully saturated rings. The summed E-state index contributed by atoms with van der Waals surface area (Å²) in [5.74, 6) is -0.279. The maximum atomic E-state index is 15.2. The first-order chi connectivity index (χ1) is 13.2. The predicted octanol–water partition coefficient (Wildman–Crippen LogP) is -1.09. The number of halogens is 1. The topological polar surface area (TPSA) is 232 Å². The van der Waals surface area contributed by atoms with Crippen molar-refractivity contribution < 1.29 is 46.9 Å². The Morgan fingerprint density at radius 1 is 1.45 bits per heavy atom. The van der Waals surface area contributed by atoms with E-state index in [2.05, 4.69) is 23.8 Å². The van der Waals surface area contributed by atoms with Gasteiger partial charge in [0.25, 0.3) is 5.56 Å². The van der Waals surface area contributed by atoms with Gasteiger partial charge in [0.2, 0.25) is 5.95 Å². The maximum absolute atomic E-state index is 15.2. The molecule has 3 heterocycles. The second kappa shape index (κ2) is 7.19. The number of aromatic amines is 1. The highest BCUT2D eigenvalue weighted by atomic mass is 31.3. The van der Waals surface area contributed by atoms with Crippen LogP contribution in [-0.2, 0) is 22.7 Å². The number of aromatic nitrogens is 4. The number of nitrogens with one attached hydrogen (secondary N) is 1. The fourth-order valence-electron chi connectivity index (χ4n) is 2.79. The molecule has 2 aromatic rings. The molecule has 0 aromatic carbocycles. The average molecular weight is 459 g/mol. The summed E-state index contributed by atoms with van der Waals surface area (Å²) >= 11 is 0. The molecular formula is C11H16FN5O10P2. The largest absolute Gasteiger partial charge is 0.481 e. The van der Waals surface area contributed by atoms with Crippen molar-refractivity contribution in [2.24, 2.45) is 0 Å². The van der Waals surface area contributed by atoms with Gasteiger partial charge in [-0.3, -0.25) is 18.9 Å². The van der Waals surface area contributed by atoms with Crippen LogP contribution in [-0.4, -0.2) is 63.8 Å². The third-order valence-corrected chi connectivity index (χ3v) is 6.18. The minimum absolute atomic E-state index is 0.147. The minimum Gasteiger partial charge on any atom is -0.387 e. The predicted molar refractivity (Wildman–Crippen MR) is 90.9 cm³/mol. The number of H-pyrrole nitrogens is 1. The van der Waals surface area contributed by atoms with E-state index in [0.717, 1.165) is 17.8 Å². The zero-order valence-corrected chi connectivity index (χ0v) is 16.2. The maximum Gasteiger partial charge on any atom is 0.481 e. The fourth-order valence-corrected chi connectivity index (χ4v) is 4.39. The van der Waals surface area contributed by atoms with E-state index < -0.39 is 51.9 Å². The van der Waals surface area contributed by atoms with Crippen LogP contribution in [0.5, 0.6) is 0 Å². The van der Waals surface area contributed by atoms with Crippen LogP contribution >= 0.6 is 15.6 Å². The highest BCUT2D eigenvalue weighted by molar-refractivity contribution is 7.60. The number of rotatable bonds is 6. The molecule has 1 unspecified atom stereocenters. The Labute approximate surface area is 160 Å². The first-order valence-corrected chi connectivity index (χ1v) is 10.7. The third kappa shape index (κ3) is 4.40. The molecule has 15 nitrogen and oxygen atoms in total. The van der Waals surface area contributed by atoms with E-state index in [4.69, 9.17) is 20.3 Å². The second-order valence-electron chi connectivity index (χ2n) is 6.23. The van der Waals surface area contributed by atoms with Crippen molar-refractivity contribution in [1.29, 1.82) is 0 Å². The van der Waals surface area contributed by atoms with E-state index in [1.807, 2.05) is 0 Å². The van der Waals surface area contributed by atoms with E-state index in [0.29, 0.717) is 0 Å². The number of nitrogens with zero attached hydrogens (tertiary/aromatic N) is 3. The van der Waals surface area contributed by atoms with Crippen molar-refractivity contribution in [3.63, 3.8) is 0 Å². The van der Waals surface area contributed by atoms with E-state index in [1.165, 1.54) is 0 Å². The van der Waals surface area contributed by atoms with Gasteiger partial charge in [-0.15, -0.1) is 0 Å². The molecule has 1 aliphatic heterocycles. The van der Waals surface area contributed by atoms with Crippen LogP contribution in [0.25, 0.3) is 11.2 Å². The molecule has 18 heteroatoms. The lowest BCUT2D eigenvalue weighted by Gasteiger charge is -2.24. The summed E-state index contributed by atoms with van der Waals surface area (Å²) in [4.78, 5) is 48.1. The molecule has 0 bridgehead atoms. The zero-order valence-electron chi connectivity index (χ0n) is 14.4. The number of ether oxygens (including phenoxy) is 1. The number of hydrogen-bond acceptors (Lipinski definition) is 10. The lowest BCUT2D eigenvalue weighted by Crippen LogP contribution is -2.40. The number of imidazole rings is 1. The average Bonchev–Trinajstić information content (AvgIpc) is 3.04. The summed E-state index contributed by atoms with van der Waals surface area (Å²) < 4.78 is 51.7. The normalized spacial score (nSPS) is 29.9. The van der Waals surface area contributed by atoms with Gasteiger partial charge in [-0.25, -0.2) is 18.5 Å². The van der Waals surface area contributed by atoms with E-state index in [9.17, 15) is 23.9 Å². The third-order valence-electron chi connectivity index (χ3n) is 4.03. The number of aliphatic hydroxyl groups is 1. The monoisotopic (exact) mass is 459 g/mol. The summed E-state index contributed by atoms with van der Waals surface area (Å²) in [7, 11) is -10.6. The van der Waals surface area contributed by atoms with Gasteiger partial charge < -0.3 is 30.3 Å². The van der Waals surface area contributed by atoms with Gasteiger partial charge in [-0.2, -0.15) is 9.29 Å². The van der Waals surface area contributed by atoms with Crippen LogP contribution in [0.15, 0.2) is 11.1 Å². The van der Waals surface area contributed by atoms with E-state index in [-0.39, 0.29) is 17.1 Å². The second-order valence-corrected chi connectivity index (χ2v) is 9.06. The van der Waals surface area contributed by atoms with Crippen LogP contribution < -0.4 is 11.3 Å². The van der Waals surface area contributed by atoms with Crippen LogP contribution in [0.3, 0.4) is 0 Å². The smallest absolute Gasteiger partial charge is 0.387 e. The number of alkyl halides is 1. The Kier molecular flexibility index (Phi) is 5.45. The van der Waals surface area contributed by atoms with Gasteiger partial charge in [-0.05, 0) is 6.92 Å². The van der Waals surface area contributed by atoms with Crippen LogP contribution in [0.2, 0.25) is 0 Å². The Balaban J connectivity index is 1.85. The molecule has 0 amide bonds. The molecule has 0 radical (unpaired) electrons. The highest BCUT2D eigenvalue weighted by Crippen LogP contribution is 2.58. The number of nitrogen functional groups attached to an aromatic ring is 1. The summed E-state index contributed by atoms with van der Waals surface area (Å²) in [6.45, 7) is -0.0108. The van der Waals surface area contributed by atoms with Crippen LogP contribution in [0.1, 0.15) is 13.2 Å². The van der Waals surface area contributed by atoms with Gasteiger partial charge >= 0.3 is 15.6 Å². The summed E-state index contributed by atoms with van der Waals surface area (Å²) in [6.07, 6.45) is -4.06. The van der Waals surface area contributed by atoms with Crippen molar-refractivity contribution in [3.8, 4) is 0 Å². The standard InChI is InChI=1S/C11H16FN5O10P2/c1-11(12)6(18)4(2-25-29(23,24)27-28(20,21)22)26-9(11)17-3-14-5-7(17)15-10(13)16-8(5)19/h3-4,6,9,18H,2H2,1H3,(H,23,24)(H2,20,21,22)(H3,13,15,16,19)/t4-,6-,9-,11-/m1/s1. The number of aliphatic hydroxyl groups excluding tert-OH is 1. The molecule has 5 atom stereocenters. The van der Waals surface area contributed by atoms with Crippen molar-refractivity contribution in [1.82, 2.24) is 19.5 Å². The molecule has 0 spiro atoms. The first kappa shape index (κ1) is 22.0.